The van der Waals surface area contributed by atoms with Gasteiger partial charge in [0.05, 0.1) is 23.8 Å². The minimum absolute atomic E-state index is 0.118. The minimum atomic E-state index is -3.68. The number of aryl methyl sites for hydroxylation is 1. The molecule has 0 radical (unpaired) electrons. The summed E-state index contributed by atoms with van der Waals surface area (Å²) in [5.74, 6) is -0.118. The Hall–Kier alpha value is -3.20. The Morgan fingerprint density at radius 1 is 1.00 bits per heavy atom. The molecular formula is C27H29N3O4S. The van der Waals surface area contributed by atoms with Crippen molar-refractivity contribution in [3.63, 3.8) is 0 Å². The van der Waals surface area contributed by atoms with Crippen molar-refractivity contribution in [2.45, 2.75) is 25.7 Å². The largest absolute Gasteiger partial charge is 0.379 e. The number of rotatable bonds is 5. The average molecular weight is 492 g/mol. The van der Waals surface area contributed by atoms with Crippen LogP contribution >= 0.6 is 0 Å². The van der Waals surface area contributed by atoms with Gasteiger partial charge in [-0.1, -0.05) is 18.2 Å². The highest BCUT2D eigenvalue weighted by atomic mass is 32.2. The van der Waals surface area contributed by atoms with Gasteiger partial charge in [-0.05, 0) is 68.8 Å². The molecule has 0 aliphatic carbocycles. The molecule has 0 spiro atoms. The van der Waals surface area contributed by atoms with E-state index in [1.807, 2.05) is 45.0 Å². The first-order valence-corrected chi connectivity index (χ1v) is 13.3. The second-order valence-corrected chi connectivity index (χ2v) is 10.7. The number of anilines is 1. The third-order valence-electron chi connectivity index (χ3n) is 6.73. The van der Waals surface area contributed by atoms with E-state index in [4.69, 9.17) is 4.74 Å². The zero-order chi connectivity index (χ0) is 24.7. The highest BCUT2D eigenvalue weighted by molar-refractivity contribution is 7.89. The van der Waals surface area contributed by atoms with Crippen LogP contribution in [0.4, 0.5) is 5.69 Å². The fraction of sp³-hybridized carbons (Fsp3) is 0.296. The zero-order valence-corrected chi connectivity index (χ0v) is 21.0. The standard InChI is InChI=1S/C27H29N3O4S/c1-4-29-26-11-10-23(35(32,33)28-12-14-34-15-13-28)18-24(26)25(27(29)31)17-21-16-19(2)30(20(21)3)22-8-6-5-7-9-22/h5-11,16-18H,4,12-15H2,1-3H3. The predicted molar refractivity (Wildman–Crippen MR) is 137 cm³/mol. The van der Waals surface area contributed by atoms with Crippen LogP contribution in [0.5, 0.6) is 0 Å². The molecule has 182 valence electrons. The first kappa shape index (κ1) is 23.5. The molecule has 0 saturated carbocycles. The molecule has 7 nitrogen and oxygen atoms in total. The fourth-order valence-electron chi connectivity index (χ4n) is 4.95. The lowest BCUT2D eigenvalue weighted by molar-refractivity contribution is -0.112. The van der Waals surface area contributed by atoms with E-state index >= 15 is 0 Å². The number of carbonyl (C=O) groups excluding carboxylic acids is 1. The number of carbonyl (C=O) groups is 1. The van der Waals surface area contributed by atoms with Crippen LogP contribution < -0.4 is 4.90 Å². The average Bonchev–Trinajstić information content (AvgIpc) is 3.31. The maximum atomic E-state index is 13.4. The first-order chi connectivity index (χ1) is 16.8. The number of hydrogen-bond donors (Lipinski definition) is 0. The monoisotopic (exact) mass is 491 g/mol. The van der Waals surface area contributed by atoms with Crippen LogP contribution in [0.25, 0.3) is 17.3 Å². The fourth-order valence-corrected chi connectivity index (χ4v) is 6.38. The van der Waals surface area contributed by atoms with E-state index in [1.165, 1.54) is 4.31 Å². The van der Waals surface area contributed by atoms with Crippen molar-refractivity contribution in [3.8, 4) is 5.69 Å². The quantitative estimate of drug-likeness (QED) is 0.506. The first-order valence-electron chi connectivity index (χ1n) is 11.8. The Labute approximate surface area is 206 Å². The lowest BCUT2D eigenvalue weighted by Gasteiger charge is -2.26. The smallest absolute Gasteiger partial charge is 0.258 e. The summed E-state index contributed by atoms with van der Waals surface area (Å²) in [5.41, 5.74) is 5.95. The molecule has 0 unspecified atom stereocenters. The van der Waals surface area contributed by atoms with Crippen molar-refractivity contribution >= 4 is 33.3 Å². The van der Waals surface area contributed by atoms with Crippen LogP contribution in [0.1, 0.15) is 29.4 Å². The van der Waals surface area contributed by atoms with Gasteiger partial charge in [0.15, 0.2) is 0 Å². The molecule has 1 amide bonds. The second kappa shape index (κ2) is 9.11. The van der Waals surface area contributed by atoms with E-state index in [1.54, 1.807) is 23.1 Å². The van der Waals surface area contributed by atoms with E-state index < -0.39 is 10.0 Å². The Morgan fingerprint density at radius 2 is 1.71 bits per heavy atom. The second-order valence-electron chi connectivity index (χ2n) is 8.80. The molecule has 2 aliphatic rings. The van der Waals surface area contributed by atoms with Crippen LogP contribution in [-0.4, -0.2) is 56.0 Å². The van der Waals surface area contributed by atoms with Crippen LogP contribution in [-0.2, 0) is 19.6 Å². The van der Waals surface area contributed by atoms with Crippen LogP contribution in [0.2, 0.25) is 0 Å². The summed E-state index contributed by atoms with van der Waals surface area (Å²) in [7, 11) is -3.68. The summed E-state index contributed by atoms with van der Waals surface area (Å²) in [4.78, 5) is 15.3. The summed E-state index contributed by atoms with van der Waals surface area (Å²) < 4.78 is 35.5. The molecule has 1 fully saturated rings. The van der Waals surface area contributed by atoms with Gasteiger partial charge in [-0.15, -0.1) is 0 Å². The molecule has 3 heterocycles. The number of fused-ring (bicyclic) bond motifs is 1. The molecule has 1 aromatic heterocycles. The van der Waals surface area contributed by atoms with Crippen LogP contribution in [0, 0.1) is 13.8 Å². The number of para-hydroxylation sites is 1. The van der Waals surface area contributed by atoms with Crippen molar-refractivity contribution in [2.75, 3.05) is 37.7 Å². The summed E-state index contributed by atoms with van der Waals surface area (Å²) in [6, 6.07) is 17.1. The molecule has 2 aliphatic heterocycles. The molecular weight excluding hydrogens is 462 g/mol. The predicted octanol–water partition coefficient (Wildman–Crippen LogP) is 4.02. The summed E-state index contributed by atoms with van der Waals surface area (Å²) in [5, 5.41) is 0. The van der Waals surface area contributed by atoms with Gasteiger partial charge in [0.2, 0.25) is 10.0 Å². The van der Waals surface area contributed by atoms with Crippen LogP contribution in [0.3, 0.4) is 0 Å². The maximum absolute atomic E-state index is 13.4. The topological polar surface area (TPSA) is 71.9 Å². The molecule has 0 atom stereocenters. The normalized spacial score (nSPS) is 17.9. The molecule has 35 heavy (non-hydrogen) atoms. The Balaban J connectivity index is 1.61. The minimum Gasteiger partial charge on any atom is -0.379 e. The van der Waals surface area contributed by atoms with Gasteiger partial charge in [0.1, 0.15) is 0 Å². The zero-order valence-electron chi connectivity index (χ0n) is 20.2. The van der Waals surface area contributed by atoms with Gasteiger partial charge in [-0.25, -0.2) is 8.42 Å². The SMILES string of the molecule is CCN1C(=O)C(=Cc2cc(C)n(-c3ccccc3)c2C)c2cc(S(=O)(=O)N3CCOCC3)ccc21. The Bertz CT molecular complexity index is 1420. The number of nitrogens with zero attached hydrogens (tertiary/aromatic N) is 3. The number of aromatic nitrogens is 1. The number of hydrogen-bond acceptors (Lipinski definition) is 4. The van der Waals surface area contributed by atoms with Gasteiger partial charge in [-0.3, -0.25) is 4.79 Å². The third-order valence-corrected chi connectivity index (χ3v) is 8.63. The molecule has 5 rings (SSSR count). The van der Waals surface area contributed by atoms with Gasteiger partial charge in [-0.2, -0.15) is 4.31 Å². The lowest BCUT2D eigenvalue weighted by Crippen LogP contribution is -2.40. The highest BCUT2D eigenvalue weighted by Crippen LogP contribution is 2.40. The van der Waals surface area contributed by atoms with Gasteiger partial charge >= 0.3 is 0 Å². The van der Waals surface area contributed by atoms with Crippen LogP contribution in [0.15, 0.2) is 59.5 Å². The summed E-state index contributed by atoms with van der Waals surface area (Å²) in [6.07, 6.45) is 1.89. The molecule has 0 bridgehead atoms. The van der Waals surface area contributed by atoms with E-state index in [0.717, 1.165) is 28.3 Å². The van der Waals surface area contributed by atoms with Crippen molar-refractivity contribution < 1.29 is 17.9 Å². The summed E-state index contributed by atoms with van der Waals surface area (Å²) >= 11 is 0. The maximum Gasteiger partial charge on any atom is 0.258 e. The Kier molecular flexibility index (Phi) is 6.13. The van der Waals surface area contributed by atoms with Gasteiger partial charge in [0.25, 0.3) is 5.91 Å². The van der Waals surface area contributed by atoms with Crippen molar-refractivity contribution in [1.29, 1.82) is 0 Å². The van der Waals surface area contributed by atoms with Crippen molar-refractivity contribution in [1.82, 2.24) is 8.87 Å². The molecule has 2 aromatic carbocycles. The lowest BCUT2D eigenvalue weighted by atomic mass is 10.0. The molecule has 8 heteroatoms. The molecule has 3 aromatic rings. The number of ether oxygens (including phenoxy) is 1. The number of likely N-dealkylation sites (N-methyl/N-ethyl adjacent to an activating group) is 1. The Morgan fingerprint density at radius 3 is 2.40 bits per heavy atom. The number of benzene rings is 2. The molecule has 0 N–H and O–H groups in total. The highest BCUT2D eigenvalue weighted by Gasteiger charge is 2.34. The number of morpholine rings is 1. The van der Waals surface area contributed by atoms with E-state index in [0.29, 0.717) is 44.0 Å². The van der Waals surface area contributed by atoms with Crippen molar-refractivity contribution in [2.24, 2.45) is 0 Å². The van der Waals surface area contributed by atoms with Crippen molar-refractivity contribution in [3.05, 3.63) is 77.1 Å². The van der Waals surface area contributed by atoms with E-state index in [2.05, 4.69) is 22.8 Å². The molecule has 1 saturated heterocycles. The van der Waals surface area contributed by atoms with E-state index in [9.17, 15) is 13.2 Å². The summed E-state index contributed by atoms with van der Waals surface area (Å²) in [6.45, 7) is 7.91. The third kappa shape index (κ3) is 4.01. The van der Waals surface area contributed by atoms with Gasteiger partial charge in [0, 0.05) is 47.8 Å². The van der Waals surface area contributed by atoms with E-state index in [-0.39, 0.29) is 10.8 Å². The number of sulfonamides is 1. The van der Waals surface area contributed by atoms with Gasteiger partial charge < -0.3 is 14.2 Å². The number of amides is 1.